The second-order valence-corrected chi connectivity index (χ2v) is 3.58. The van der Waals surface area contributed by atoms with Crippen LogP contribution < -0.4 is 16.2 Å². The minimum atomic E-state index is -0.530. The number of benzene rings is 1. The number of nitrogen functional groups attached to an aromatic ring is 1. The van der Waals surface area contributed by atoms with Gasteiger partial charge in [0.25, 0.3) is 0 Å². The van der Waals surface area contributed by atoms with Crippen molar-refractivity contribution in [2.75, 3.05) is 5.73 Å². The van der Waals surface area contributed by atoms with Crippen molar-refractivity contribution >= 4 is 17.1 Å². The number of fused-ring (bicyclic) bond motifs is 1. The number of rotatable bonds is 3. The summed E-state index contributed by atoms with van der Waals surface area (Å²) >= 11 is 0. The smallest absolute Gasteiger partial charge is 0.325 e. The van der Waals surface area contributed by atoms with Gasteiger partial charge in [-0.25, -0.2) is 4.79 Å². The Morgan fingerprint density at radius 2 is 2.05 bits per heavy atom. The van der Waals surface area contributed by atoms with Crippen LogP contribution in [0.15, 0.2) is 35.0 Å². The highest BCUT2D eigenvalue weighted by Gasteiger charge is 2.10. The predicted octanol–water partition coefficient (Wildman–Crippen LogP) is 0.807. The van der Waals surface area contributed by atoms with Crippen molar-refractivity contribution in [1.29, 1.82) is 0 Å². The molecule has 0 amide bonds. The van der Waals surface area contributed by atoms with Gasteiger partial charge >= 0.3 is 5.69 Å². The molecule has 0 unspecified atom stereocenters. The van der Waals surface area contributed by atoms with Crippen LogP contribution >= 0.6 is 0 Å². The molecule has 7 heteroatoms. The van der Waals surface area contributed by atoms with Crippen molar-refractivity contribution in [2.24, 2.45) is 0 Å². The van der Waals surface area contributed by atoms with E-state index < -0.39 is 23.8 Å². The number of nitrogens with two attached hydrogens (primary N) is 1. The van der Waals surface area contributed by atoms with Gasteiger partial charge < -0.3 is 10.5 Å². The lowest BCUT2D eigenvalue weighted by Crippen LogP contribution is -2.02. The minimum absolute atomic E-state index is 0.0378. The summed E-state index contributed by atoms with van der Waals surface area (Å²) in [4.78, 5) is 23.9. The Labute approximate surface area is 114 Å². The maximum atomic E-state index is 11.4. The zero-order valence-corrected chi connectivity index (χ0v) is 9.50. The Morgan fingerprint density at radius 1 is 1.26 bits per heavy atom. The van der Waals surface area contributed by atoms with Crippen molar-refractivity contribution < 1.29 is 11.6 Å². The fourth-order valence-corrected chi connectivity index (χ4v) is 1.51. The summed E-state index contributed by atoms with van der Waals surface area (Å²) in [6, 6.07) is -2.16. The maximum Gasteiger partial charge on any atom is 0.325 e. The van der Waals surface area contributed by atoms with E-state index in [1.165, 1.54) is 0 Å². The standard InChI is InChI=1S/C12H11N5O2/c13-11-15-9-8(14-12(18)16-9)10(17-11)19-6-7-4-2-1-3-5-7/h1-5H,6H2,(H4,13,14,15,16,17,18)/i1D,2D,3D,4D,5D. The monoisotopic (exact) mass is 262 g/mol. The van der Waals surface area contributed by atoms with Crippen LogP contribution in [-0.4, -0.2) is 19.9 Å². The van der Waals surface area contributed by atoms with Gasteiger partial charge in [-0.15, -0.1) is 0 Å². The number of nitrogens with zero attached hydrogens (tertiary/aromatic N) is 2. The molecule has 19 heavy (non-hydrogen) atoms. The van der Waals surface area contributed by atoms with Gasteiger partial charge in [0, 0.05) is 0 Å². The van der Waals surface area contributed by atoms with E-state index in [2.05, 4.69) is 19.9 Å². The van der Waals surface area contributed by atoms with Gasteiger partial charge in [-0.1, -0.05) is 30.2 Å². The molecule has 0 saturated carbocycles. The van der Waals surface area contributed by atoms with Crippen LogP contribution in [0.2, 0.25) is 0 Å². The number of hydrogen-bond acceptors (Lipinski definition) is 5. The molecule has 3 aromatic rings. The second-order valence-electron chi connectivity index (χ2n) is 3.58. The van der Waals surface area contributed by atoms with E-state index >= 15 is 0 Å². The van der Waals surface area contributed by atoms with Crippen molar-refractivity contribution in [1.82, 2.24) is 19.9 Å². The molecule has 7 nitrogen and oxygen atoms in total. The van der Waals surface area contributed by atoms with E-state index in [1.807, 2.05) is 0 Å². The Morgan fingerprint density at radius 3 is 2.84 bits per heavy atom. The zero-order chi connectivity index (χ0) is 17.6. The topological polar surface area (TPSA) is 110 Å². The van der Waals surface area contributed by atoms with Gasteiger partial charge in [-0.3, -0.25) is 9.97 Å². The number of anilines is 1. The van der Waals surface area contributed by atoms with Crippen molar-refractivity contribution in [3.8, 4) is 5.88 Å². The van der Waals surface area contributed by atoms with Gasteiger partial charge in [0.2, 0.25) is 11.8 Å². The summed E-state index contributed by atoms with van der Waals surface area (Å²) in [6.45, 7) is -0.353. The van der Waals surface area contributed by atoms with Gasteiger partial charge in [-0.05, 0) is 5.56 Å². The number of aromatic nitrogens is 4. The quantitative estimate of drug-likeness (QED) is 0.647. The largest absolute Gasteiger partial charge is 0.471 e. The first-order chi connectivity index (χ1) is 11.3. The van der Waals surface area contributed by atoms with Crippen LogP contribution in [0.3, 0.4) is 0 Å². The highest BCUT2D eigenvalue weighted by Crippen LogP contribution is 2.19. The molecule has 4 N–H and O–H groups in total. The van der Waals surface area contributed by atoms with E-state index in [-0.39, 0.29) is 47.2 Å². The van der Waals surface area contributed by atoms with Crippen molar-refractivity contribution in [2.45, 2.75) is 6.61 Å². The Kier molecular flexibility index (Phi) is 1.62. The molecular formula is C12H11N5O2. The molecule has 0 spiro atoms. The van der Waals surface area contributed by atoms with Crippen molar-refractivity contribution in [3.05, 3.63) is 46.3 Å². The van der Waals surface area contributed by atoms with Gasteiger partial charge in [0.15, 0.2) is 5.65 Å². The third-order valence-corrected chi connectivity index (χ3v) is 2.27. The first-order valence-corrected chi connectivity index (χ1v) is 5.23. The normalized spacial score (nSPS) is 14.4. The second kappa shape index (κ2) is 4.45. The van der Waals surface area contributed by atoms with E-state index in [0.717, 1.165) is 0 Å². The van der Waals surface area contributed by atoms with Gasteiger partial charge in [0.1, 0.15) is 12.1 Å². The Hall–Kier alpha value is -2.83. The minimum Gasteiger partial charge on any atom is -0.471 e. The first kappa shape index (κ1) is 6.93. The molecule has 0 bridgehead atoms. The highest BCUT2D eigenvalue weighted by atomic mass is 16.5. The lowest BCUT2D eigenvalue weighted by atomic mass is 10.2. The Balaban J connectivity index is 2.02. The molecule has 96 valence electrons. The van der Waals surface area contributed by atoms with Crippen molar-refractivity contribution in [3.63, 3.8) is 0 Å². The number of hydrogen-bond donors (Lipinski definition) is 3. The number of imidazole rings is 1. The van der Waals surface area contributed by atoms with Crippen LogP contribution in [0.5, 0.6) is 5.88 Å². The average Bonchev–Trinajstić information content (AvgIpc) is 2.91. The molecule has 0 saturated heterocycles. The number of ether oxygens (including phenoxy) is 1. The summed E-state index contributed by atoms with van der Waals surface area (Å²) in [5.41, 5.74) is 5.28. The average molecular weight is 262 g/mol. The van der Waals surface area contributed by atoms with E-state index in [0.29, 0.717) is 0 Å². The van der Waals surface area contributed by atoms with Crippen LogP contribution in [0.25, 0.3) is 11.2 Å². The van der Waals surface area contributed by atoms with Crippen LogP contribution in [-0.2, 0) is 6.61 Å². The number of aromatic amines is 2. The van der Waals surface area contributed by atoms with Crippen LogP contribution in [0.4, 0.5) is 5.95 Å². The maximum absolute atomic E-state index is 11.4. The molecule has 3 rings (SSSR count). The molecule has 0 aliphatic heterocycles. The number of H-pyrrole nitrogens is 2. The first-order valence-electron chi connectivity index (χ1n) is 7.73. The molecule has 2 aromatic heterocycles. The molecule has 0 aliphatic rings. The molecule has 0 aliphatic carbocycles. The molecule has 0 radical (unpaired) electrons. The van der Waals surface area contributed by atoms with Gasteiger partial charge in [-0.2, -0.15) is 9.97 Å². The fraction of sp³-hybridized carbons (Fsp3) is 0.0833. The summed E-state index contributed by atoms with van der Waals surface area (Å²) in [5.74, 6) is -0.212. The summed E-state index contributed by atoms with van der Waals surface area (Å²) in [6.07, 6.45) is 0. The zero-order valence-electron chi connectivity index (χ0n) is 14.5. The van der Waals surface area contributed by atoms with E-state index in [4.69, 9.17) is 17.3 Å². The molecular weight excluding hydrogens is 246 g/mol. The van der Waals surface area contributed by atoms with Crippen LogP contribution in [0, 0.1) is 0 Å². The summed E-state index contributed by atoms with van der Waals surface area (Å²) in [7, 11) is 0. The van der Waals surface area contributed by atoms with Gasteiger partial charge in [0.05, 0.1) is 6.85 Å². The predicted molar refractivity (Wildman–Crippen MR) is 69.7 cm³/mol. The highest BCUT2D eigenvalue weighted by molar-refractivity contribution is 5.76. The van der Waals surface area contributed by atoms with E-state index in [1.54, 1.807) is 0 Å². The molecule has 1 aromatic carbocycles. The molecule has 0 atom stereocenters. The van der Waals surface area contributed by atoms with Crippen LogP contribution in [0.1, 0.15) is 12.4 Å². The van der Waals surface area contributed by atoms with E-state index in [9.17, 15) is 4.79 Å². The number of nitrogens with one attached hydrogen (secondary N) is 2. The third-order valence-electron chi connectivity index (χ3n) is 2.27. The summed E-state index contributed by atoms with van der Waals surface area (Å²) in [5, 5.41) is 0. The summed E-state index contributed by atoms with van der Waals surface area (Å²) < 4.78 is 43.9. The molecule has 0 fully saturated rings. The third kappa shape index (κ3) is 2.25. The molecule has 2 heterocycles. The lowest BCUT2D eigenvalue weighted by Gasteiger charge is -2.06. The SMILES string of the molecule is [2H]c1c([2H])c([2H])c(COc2nc(N)nc3[nH]c(=O)[nH]c23)c([2H])c1[2H]. The fourth-order valence-electron chi connectivity index (χ4n) is 1.51. The Bertz CT molecular complexity index is 986. The lowest BCUT2D eigenvalue weighted by molar-refractivity contribution is 0.297.